The fourth-order valence-electron chi connectivity index (χ4n) is 1.23. The number of nitrogens with one attached hydrogen (secondary N) is 1. The van der Waals surface area contributed by atoms with E-state index < -0.39 is 0 Å². The lowest BCUT2D eigenvalue weighted by Crippen LogP contribution is -2.31. The minimum absolute atomic E-state index is 0.378. The zero-order valence-electron chi connectivity index (χ0n) is 6.51. The first-order valence-electron chi connectivity index (χ1n) is 3.94. The van der Waals surface area contributed by atoms with Gasteiger partial charge in [-0.05, 0) is 31.5 Å². The molecule has 3 nitrogen and oxygen atoms in total. The van der Waals surface area contributed by atoms with E-state index in [0.29, 0.717) is 11.2 Å². The van der Waals surface area contributed by atoms with E-state index >= 15 is 0 Å². The summed E-state index contributed by atoms with van der Waals surface area (Å²) in [5, 5.41) is 3.28. The van der Waals surface area contributed by atoms with Gasteiger partial charge >= 0.3 is 0 Å². The number of ether oxygens (including phenoxy) is 1. The quantitative estimate of drug-likeness (QED) is 0.608. The average molecular weight is 174 g/mol. The Kier molecular flexibility index (Phi) is 3.59. The van der Waals surface area contributed by atoms with Crippen LogP contribution in [0.2, 0.25) is 0 Å². The van der Waals surface area contributed by atoms with Crippen LogP contribution in [0.15, 0.2) is 0 Å². The Hall–Kier alpha value is -0.350. The maximum atomic E-state index is 5.41. The molecule has 0 spiro atoms. The van der Waals surface area contributed by atoms with Crippen molar-refractivity contribution in [3.05, 3.63) is 0 Å². The second-order valence-electron chi connectivity index (χ2n) is 2.71. The molecule has 0 saturated carbocycles. The van der Waals surface area contributed by atoms with Gasteiger partial charge in [-0.25, -0.2) is 0 Å². The summed E-state index contributed by atoms with van der Waals surface area (Å²) in [7, 11) is 0. The van der Waals surface area contributed by atoms with Crippen molar-refractivity contribution in [3.8, 4) is 0 Å². The third-order valence-corrected chi connectivity index (χ3v) is 1.93. The molecule has 0 aliphatic carbocycles. The third kappa shape index (κ3) is 3.53. The second kappa shape index (κ2) is 4.51. The fourth-order valence-corrected chi connectivity index (χ4v) is 1.33. The lowest BCUT2D eigenvalue weighted by Gasteiger charge is -2.09. The van der Waals surface area contributed by atoms with E-state index in [1.54, 1.807) is 0 Å². The fraction of sp³-hybridized carbons (Fsp3) is 0.857. The summed E-state index contributed by atoms with van der Waals surface area (Å²) in [5.41, 5.74) is 5.26. The normalized spacial score (nSPS) is 23.5. The summed E-state index contributed by atoms with van der Waals surface area (Å²) < 4.78 is 5.41. The molecule has 4 heteroatoms. The summed E-state index contributed by atoms with van der Waals surface area (Å²) >= 11 is 4.66. The van der Waals surface area contributed by atoms with Gasteiger partial charge in [0.1, 0.15) is 0 Å². The van der Waals surface area contributed by atoms with Crippen LogP contribution in [0.5, 0.6) is 0 Å². The highest BCUT2D eigenvalue weighted by Crippen LogP contribution is 2.14. The van der Waals surface area contributed by atoms with E-state index in [4.69, 9.17) is 10.5 Å². The van der Waals surface area contributed by atoms with Gasteiger partial charge in [0.05, 0.1) is 6.10 Å². The Balaban J connectivity index is 1.98. The van der Waals surface area contributed by atoms with E-state index in [0.717, 1.165) is 19.6 Å². The average Bonchev–Trinajstić information content (AvgIpc) is 2.39. The Bertz CT molecular complexity index is 134. The van der Waals surface area contributed by atoms with Gasteiger partial charge in [0.25, 0.3) is 0 Å². The summed E-state index contributed by atoms with van der Waals surface area (Å²) in [6, 6.07) is 0. The van der Waals surface area contributed by atoms with Crippen molar-refractivity contribution in [3.63, 3.8) is 0 Å². The predicted molar refractivity (Wildman–Crippen MR) is 48.4 cm³/mol. The standard InChI is InChI=1S/C7H14N2OS/c8-7(11)9-4-3-6-2-1-5-10-6/h6H,1-5H2,(H3,8,9,11). The first-order chi connectivity index (χ1) is 5.29. The van der Waals surface area contributed by atoms with Crippen LogP contribution in [0.25, 0.3) is 0 Å². The van der Waals surface area contributed by atoms with Gasteiger partial charge in [-0.1, -0.05) is 0 Å². The molecule has 64 valence electrons. The molecule has 11 heavy (non-hydrogen) atoms. The summed E-state index contributed by atoms with van der Waals surface area (Å²) in [6.45, 7) is 1.75. The summed E-state index contributed by atoms with van der Waals surface area (Å²) in [6.07, 6.45) is 3.81. The highest BCUT2D eigenvalue weighted by atomic mass is 32.1. The Labute approximate surface area is 72.3 Å². The van der Waals surface area contributed by atoms with Gasteiger partial charge in [0.15, 0.2) is 5.11 Å². The van der Waals surface area contributed by atoms with E-state index in [-0.39, 0.29) is 0 Å². The van der Waals surface area contributed by atoms with Crippen molar-refractivity contribution in [2.75, 3.05) is 13.2 Å². The molecule has 1 saturated heterocycles. The zero-order valence-corrected chi connectivity index (χ0v) is 7.32. The van der Waals surface area contributed by atoms with Crippen LogP contribution < -0.4 is 11.1 Å². The van der Waals surface area contributed by atoms with Gasteiger partial charge in [-0.15, -0.1) is 0 Å². The lowest BCUT2D eigenvalue weighted by molar-refractivity contribution is 0.105. The van der Waals surface area contributed by atoms with Crippen molar-refractivity contribution in [2.24, 2.45) is 5.73 Å². The molecule has 0 bridgehead atoms. The minimum Gasteiger partial charge on any atom is -0.378 e. The molecule has 1 atom stereocenters. The van der Waals surface area contributed by atoms with Crippen molar-refractivity contribution >= 4 is 17.3 Å². The molecule has 1 fully saturated rings. The summed E-state index contributed by atoms with van der Waals surface area (Å²) in [4.78, 5) is 0. The topological polar surface area (TPSA) is 47.3 Å². The molecule has 1 rings (SSSR count). The molecule has 1 unspecified atom stereocenters. The third-order valence-electron chi connectivity index (χ3n) is 1.79. The van der Waals surface area contributed by atoms with Crippen molar-refractivity contribution in [1.29, 1.82) is 0 Å². The molecule has 0 radical (unpaired) electrons. The first-order valence-corrected chi connectivity index (χ1v) is 4.35. The molecule has 0 amide bonds. The van der Waals surface area contributed by atoms with E-state index in [1.807, 2.05) is 0 Å². The number of rotatable bonds is 3. The van der Waals surface area contributed by atoms with Crippen LogP contribution in [-0.4, -0.2) is 24.4 Å². The highest BCUT2D eigenvalue weighted by molar-refractivity contribution is 7.80. The maximum Gasteiger partial charge on any atom is 0.163 e. The number of nitrogens with two attached hydrogens (primary N) is 1. The van der Waals surface area contributed by atoms with E-state index in [2.05, 4.69) is 17.5 Å². The molecular formula is C7H14N2OS. The molecule has 1 heterocycles. The van der Waals surface area contributed by atoms with Gasteiger partial charge in [0, 0.05) is 13.2 Å². The van der Waals surface area contributed by atoms with Crippen LogP contribution in [0.3, 0.4) is 0 Å². The van der Waals surface area contributed by atoms with Crippen LogP contribution >= 0.6 is 12.2 Å². The SMILES string of the molecule is NC(=S)NCCC1CCCO1. The Morgan fingerprint density at radius 1 is 1.73 bits per heavy atom. The number of hydrogen-bond donors (Lipinski definition) is 2. The smallest absolute Gasteiger partial charge is 0.163 e. The predicted octanol–water partition coefficient (Wildman–Crippen LogP) is 0.389. The van der Waals surface area contributed by atoms with E-state index in [9.17, 15) is 0 Å². The lowest BCUT2D eigenvalue weighted by atomic mass is 10.2. The zero-order chi connectivity index (χ0) is 8.10. The molecule has 0 aromatic rings. The second-order valence-corrected chi connectivity index (χ2v) is 3.15. The molecule has 0 aromatic heterocycles. The first kappa shape index (κ1) is 8.74. The molecule has 0 aromatic carbocycles. The molecule has 3 N–H and O–H groups in total. The van der Waals surface area contributed by atoms with Crippen molar-refractivity contribution < 1.29 is 4.74 Å². The molecule has 1 aliphatic rings. The molecular weight excluding hydrogens is 160 g/mol. The Morgan fingerprint density at radius 3 is 3.09 bits per heavy atom. The van der Waals surface area contributed by atoms with Gasteiger partial charge in [-0.3, -0.25) is 0 Å². The van der Waals surface area contributed by atoms with Gasteiger partial charge < -0.3 is 15.8 Å². The van der Waals surface area contributed by atoms with E-state index in [1.165, 1.54) is 12.8 Å². The highest BCUT2D eigenvalue weighted by Gasteiger charge is 2.14. The van der Waals surface area contributed by atoms with Crippen LogP contribution in [0, 0.1) is 0 Å². The van der Waals surface area contributed by atoms with Gasteiger partial charge in [0.2, 0.25) is 0 Å². The summed E-state index contributed by atoms with van der Waals surface area (Å²) in [5.74, 6) is 0. The molecule has 1 aliphatic heterocycles. The van der Waals surface area contributed by atoms with Crippen LogP contribution in [0.4, 0.5) is 0 Å². The minimum atomic E-state index is 0.378. The van der Waals surface area contributed by atoms with Crippen molar-refractivity contribution in [1.82, 2.24) is 5.32 Å². The Morgan fingerprint density at radius 2 is 2.55 bits per heavy atom. The monoisotopic (exact) mass is 174 g/mol. The van der Waals surface area contributed by atoms with Crippen molar-refractivity contribution in [2.45, 2.75) is 25.4 Å². The maximum absolute atomic E-state index is 5.41. The van der Waals surface area contributed by atoms with Gasteiger partial charge in [-0.2, -0.15) is 0 Å². The largest absolute Gasteiger partial charge is 0.378 e. The van der Waals surface area contributed by atoms with Crippen LogP contribution in [0.1, 0.15) is 19.3 Å². The number of thiocarbonyl (C=S) groups is 1. The van der Waals surface area contributed by atoms with Crippen LogP contribution in [-0.2, 0) is 4.74 Å². The number of hydrogen-bond acceptors (Lipinski definition) is 2.